The smallest absolute Gasteiger partial charge is 0.262 e. The molecule has 2 aromatic heterocycles. The van der Waals surface area contributed by atoms with Gasteiger partial charge >= 0.3 is 0 Å². The second-order valence-electron chi connectivity index (χ2n) is 2.79. The van der Waals surface area contributed by atoms with Crippen molar-refractivity contribution in [2.45, 2.75) is 6.92 Å². The number of thiophene rings is 1. The van der Waals surface area contributed by atoms with Gasteiger partial charge in [0.05, 0.1) is 9.72 Å². The molecule has 68 valence electrons. The van der Waals surface area contributed by atoms with Crippen LogP contribution >= 0.6 is 22.9 Å². The van der Waals surface area contributed by atoms with Crippen molar-refractivity contribution < 1.29 is 0 Å². The number of hydrogen-bond acceptors (Lipinski definition) is 3. The minimum atomic E-state index is -0.0364. The monoisotopic (exact) mass is 214 g/mol. The first-order valence-corrected chi connectivity index (χ1v) is 4.91. The van der Waals surface area contributed by atoms with Gasteiger partial charge in [0.2, 0.25) is 0 Å². The summed E-state index contributed by atoms with van der Waals surface area (Å²) in [5.41, 5.74) is -0.0364. The standard InChI is InChI=1S/C8H7ClN2OS/c1-4-10-7-5(3-6(9)13-7)8(12)11(4)2/h3H,1-2H3. The van der Waals surface area contributed by atoms with Crippen LogP contribution in [-0.4, -0.2) is 9.55 Å². The summed E-state index contributed by atoms with van der Waals surface area (Å²) < 4.78 is 2.12. The van der Waals surface area contributed by atoms with Gasteiger partial charge in [-0.05, 0) is 13.0 Å². The van der Waals surface area contributed by atoms with Crippen molar-refractivity contribution >= 4 is 33.2 Å². The van der Waals surface area contributed by atoms with Crippen molar-refractivity contribution in [1.29, 1.82) is 0 Å². The van der Waals surface area contributed by atoms with E-state index in [4.69, 9.17) is 11.6 Å². The van der Waals surface area contributed by atoms with E-state index in [1.165, 1.54) is 15.9 Å². The summed E-state index contributed by atoms with van der Waals surface area (Å²) in [5, 5.41) is 0.600. The highest BCUT2D eigenvalue weighted by molar-refractivity contribution is 7.22. The highest BCUT2D eigenvalue weighted by atomic mass is 35.5. The van der Waals surface area contributed by atoms with Crippen LogP contribution in [0.3, 0.4) is 0 Å². The Morgan fingerprint density at radius 2 is 2.31 bits per heavy atom. The first-order valence-electron chi connectivity index (χ1n) is 3.72. The molecule has 0 aliphatic heterocycles. The Morgan fingerprint density at radius 3 is 3.00 bits per heavy atom. The van der Waals surface area contributed by atoms with Gasteiger partial charge in [0.15, 0.2) is 0 Å². The average Bonchev–Trinajstić information content (AvgIpc) is 2.42. The molecule has 5 heteroatoms. The third kappa shape index (κ3) is 1.26. The maximum absolute atomic E-state index is 11.6. The van der Waals surface area contributed by atoms with E-state index >= 15 is 0 Å². The van der Waals surface area contributed by atoms with Crippen molar-refractivity contribution in [3.8, 4) is 0 Å². The van der Waals surface area contributed by atoms with E-state index in [9.17, 15) is 4.79 Å². The zero-order chi connectivity index (χ0) is 9.59. The molecule has 0 amide bonds. The van der Waals surface area contributed by atoms with Gasteiger partial charge in [-0.2, -0.15) is 0 Å². The topological polar surface area (TPSA) is 34.9 Å². The van der Waals surface area contributed by atoms with E-state index < -0.39 is 0 Å². The van der Waals surface area contributed by atoms with Crippen LogP contribution in [0.4, 0.5) is 0 Å². The highest BCUT2D eigenvalue weighted by Gasteiger charge is 2.08. The Kier molecular flexibility index (Phi) is 1.89. The quantitative estimate of drug-likeness (QED) is 0.672. The lowest BCUT2D eigenvalue weighted by molar-refractivity contribution is 0.794. The average molecular weight is 215 g/mol. The number of aromatic nitrogens is 2. The Morgan fingerprint density at radius 1 is 1.62 bits per heavy atom. The van der Waals surface area contributed by atoms with Gasteiger partial charge in [-0.1, -0.05) is 11.6 Å². The van der Waals surface area contributed by atoms with Crippen molar-refractivity contribution in [2.24, 2.45) is 7.05 Å². The van der Waals surface area contributed by atoms with Gasteiger partial charge < -0.3 is 0 Å². The summed E-state index contributed by atoms with van der Waals surface area (Å²) in [4.78, 5) is 16.6. The molecule has 0 saturated carbocycles. The predicted octanol–water partition coefficient (Wildman–Crippen LogP) is 1.96. The molecule has 0 aromatic carbocycles. The van der Waals surface area contributed by atoms with Crippen LogP contribution in [0.1, 0.15) is 5.82 Å². The summed E-state index contributed by atoms with van der Waals surface area (Å²) in [5.74, 6) is 0.705. The molecular formula is C8H7ClN2OS. The van der Waals surface area contributed by atoms with Crippen LogP contribution in [0.15, 0.2) is 10.9 Å². The van der Waals surface area contributed by atoms with Crippen molar-refractivity contribution in [2.75, 3.05) is 0 Å². The van der Waals surface area contributed by atoms with Crippen LogP contribution in [0.5, 0.6) is 0 Å². The third-order valence-corrected chi connectivity index (χ3v) is 3.12. The van der Waals surface area contributed by atoms with Crippen LogP contribution in [-0.2, 0) is 7.05 Å². The number of nitrogens with zero attached hydrogens (tertiary/aromatic N) is 2. The Labute approximate surface area is 83.6 Å². The number of aryl methyl sites for hydroxylation is 1. The molecule has 2 aromatic rings. The Bertz CT molecular complexity index is 529. The molecule has 0 aliphatic carbocycles. The number of fused-ring (bicyclic) bond motifs is 1. The SMILES string of the molecule is Cc1nc2sc(Cl)cc2c(=O)n1C. The van der Waals surface area contributed by atoms with E-state index in [0.717, 1.165) is 0 Å². The summed E-state index contributed by atoms with van der Waals surface area (Å²) in [7, 11) is 1.70. The second-order valence-corrected chi connectivity index (χ2v) is 4.45. The lowest BCUT2D eigenvalue weighted by Crippen LogP contribution is -2.19. The zero-order valence-electron chi connectivity index (χ0n) is 7.17. The predicted molar refractivity (Wildman–Crippen MR) is 54.6 cm³/mol. The lowest BCUT2D eigenvalue weighted by Gasteiger charge is -2.00. The number of halogens is 1. The molecule has 0 saturated heterocycles. The summed E-state index contributed by atoms with van der Waals surface area (Å²) in [6.07, 6.45) is 0. The molecule has 2 rings (SSSR count). The minimum Gasteiger partial charge on any atom is -0.299 e. The van der Waals surface area contributed by atoms with Gasteiger partial charge in [0, 0.05) is 7.05 Å². The maximum Gasteiger partial charge on any atom is 0.262 e. The second kappa shape index (κ2) is 2.82. The van der Waals surface area contributed by atoms with Gasteiger partial charge in [-0.3, -0.25) is 9.36 Å². The van der Waals surface area contributed by atoms with Gasteiger partial charge in [-0.15, -0.1) is 11.3 Å². The minimum absolute atomic E-state index is 0.0364. The summed E-state index contributed by atoms with van der Waals surface area (Å²) in [6.45, 7) is 1.80. The van der Waals surface area contributed by atoms with Gasteiger partial charge in [0.25, 0.3) is 5.56 Å². The molecule has 0 bridgehead atoms. The van der Waals surface area contributed by atoms with Crippen LogP contribution < -0.4 is 5.56 Å². The normalized spacial score (nSPS) is 11.0. The summed E-state index contributed by atoms with van der Waals surface area (Å²) >= 11 is 7.12. The van der Waals surface area contributed by atoms with Crippen molar-refractivity contribution in [3.05, 3.63) is 26.6 Å². The maximum atomic E-state index is 11.6. The van der Waals surface area contributed by atoms with E-state index in [1.807, 2.05) is 0 Å². The molecule has 13 heavy (non-hydrogen) atoms. The van der Waals surface area contributed by atoms with E-state index in [-0.39, 0.29) is 5.56 Å². The fraction of sp³-hybridized carbons (Fsp3) is 0.250. The number of hydrogen-bond donors (Lipinski definition) is 0. The Balaban J connectivity index is 3.01. The van der Waals surface area contributed by atoms with Gasteiger partial charge in [0.1, 0.15) is 10.7 Å². The lowest BCUT2D eigenvalue weighted by atomic mass is 10.4. The molecule has 0 radical (unpaired) electrons. The Hall–Kier alpha value is -0.870. The molecule has 2 heterocycles. The molecule has 0 atom stereocenters. The number of rotatable bonds is 0. The van der Waals surface area contributed by atoms with Crippen LogP contribution in [0.25, 0.3) is 10.2 Å². The zero-order valence-corrected chi connectivity index (χ0v) is 8.74. The molecule has 0 aliphatic rings. The fourth-order valence-electron chi connectivity index (χ4n) is 1.14. The molecule has 0 fully saturated rings. The molecule has 0 N–H and O–H groups in total. The summed E-state index contributed by atoms with van der Waals surface area (Å²) in [6, 6.07) is 1.66. The molecule has 0 spiro atoms. The fourth-order valence-corrected chi connectivity index (χ4v) is 2.26. The molecular weight excluding hydrogens is 208 g/mol. The van der Waals surface area contributed by atoms with Crippen molar-refractivity contribution in [3.63, 3.8) is 0 Å². The van der Waals surface area contributed by atoms with Gasteiger partial charge in [-0.25, -0.2) is 4.98 Å². The molecule has 0 unspecified atom stereocenters. The van der Waals surface area contributed by atoms with Crippen molar-refractivity contribution in [1.82, 2.24) is 9.55 Å². The van der Waals surface area contributed by atoms with E-state index in [2.05, 4.69) is 4.98 Å². The highest BCUT2D eigenvalue weighted by Crippen LogP contribution is 2.25. The first-order chi connectivity index (χ1) is 6.09. The molecule has 3 nitrogen and oxygen atoms in total. The van der Waals surface area contributed by atoms with E-state index in [0.29, 0.717) is 20.4 Å². The first kappa shape index (κ1) is 8.72. The largest absolute Gasteiger partial charge is 0.299 e. The van der Waals surface area contributed by atoms with Crippen LogP contribution in [0.2, 0.25) is 4.34 Å². The van der Waals surface area contributed by atoms with Crippen LogP contribution in [0, 0.1) is 6.92 Å². The third-order valence-electron chi connectivity index (χ3n) is 1.97. The van der Waals surface area contributed by atoms with E-state index in [1.54, 1.807) is 20.0 Å².